The number of aliphatic hydroxyl groups excluding tert-OH is 1. The zero-order valence-electron chi connectivity index (χ0n) is 13.4. The van der Waals surface area contributed by atoms with E-state index in [-0.39, 0.29) is 19.6 Å². The molecule has 1 amide bonds. The third-order valence-corrected chi connectivity index (χ3v) is 3.23. The zero-order valence-corrected chi connectivity index (χ0v) is 13.4. The summed E-state index contributed by atoms with van der Waals surface area (Å²) in [6.07, 6.45) is 0.475. The molecular formula is C16H22N4O3. The van der Waals surface area contributed by atoms with Gasteiger partial charge in [0.05, 0.1) is 25.2 Å². The van der Waals surface area contributed by atoms with Crippen LogP contribution in [0.3, 0.4) is 0 Å². The third-order valence-electron chi connectivity index (χ3n) is 3.23. The van der Waals surface area contributed by atoms with Crippen LogP contribution in [0.25, 0.3) is 0 Å². The predicted molar refractivity (Wildman–Crippen MR) is 84.4 cm³/mol. The number of hydrogen-bond acceptors (Lipinski definition) is 5. The highest BCUT2D eigenvalue weighted by Gasteiger charge is 2.19. The van der Waals surface area contributed by atoms with Crippen molar-refractivity contribution < 1.29 is 15.0 Å². The van der Waals surface area contributed by atoms with Gasteiger partial charge in [-0.05, 0) is 25.0 Å². The van der Waals surface area contributed by atoms with E-state index in [2.05, 4.69) is 10.1 Å². The Bertz CT molecular complexity index is 672. The fraction of sp³-hybridized carbons (Fsp3) is 0.438. The van der Waals surface area contributed by atoms with E-state index in [1.54, 1.807) is 18.5 Å². The molecule has 0 bridgehead atoms. The van der Waals surface area contributed by atoms with Gasteiger partial charge in [-0.3, -0.25) is 4.79 Å². The monoisotopic (exact) mass is 318 g/mol. The maximum Gasteiger partial charge on any atom is 0.225 e. The highest BCUT2D eigenvalue weighted by Crippen LogP contribution is 2.13. The summed E-state index contributed by atoms with van der Waals surface area (Å²) < 4.78 is 1.61. The van der Waals surface area contributed by atoms with Gasteiger partial charge in [0.15, 0.2) is 5.82 Å². The number of carbonyl (C=O) groups excluding carboxylic acids is 1. The van der Waals surface area contributed by atoms with E-state index in [9.17, 15) is 9.90 Å². The SMILES string of the molecule is CC(C)(O)Cn1nc(CC(N)=O)nc1Cc1ccc(CO)cc1. The molecular weight excluding hydrogens is 296 g/mol. The summed E-state index contributed by atoms with van der Waals surface area (Å²) in [4.78, 5) is 15.4. The largest absolute Gasteiger partial charge is 0.392 e. The van der Waals surface area contributed by atoms with Gasteiger partial charge in [0, 0.05) is 6.42 Å². The van der Waals surface area contributed by atoms with Crippen LogP contribution in [-0.2, 0) is 30.8 Å². The molecule has 4 N–H and O–H groups in total. The summed E-state index contributed by atoms with van der Waals surface area (Å²) in [5.74, 6) is 0.508. The second-order valence-corrected chi connectivity index (χ2v) is 6.21. The van der Waals surface area contributed by atoms with Crippen LogP contribution < -0.4 is 5.73 Å². The summed E-state index contributed by atoms with van der Waals surface area (Å²) in [6, 6.07) is 7.50. The van der Waals surface area contributed by atoms with Gasteiger partial charge in [0.2, 0.25) is 5.91 Å². The first-order chi connectivity index (χ1) is 10.8. The summed E-state index contributed by atoms with van der Waals surface area (Å²) in [5, 5.41) is 23.4. The van der Waals surface area contributed by atoms with Gasteiger partial charge < -0.3 is 15.9 Å². The second kappa shape index (κ2) is 6.89. The van der Waals surface area contributed by atoms with Crippen LogP contribution in [0.2, 0.25) is 0 Å². The zero-order chi connectivity index (χ0) is 17.0. The van der Waals surface area contributed by atoms with Crippen molar-refractivity contribution in [3.8, 4) is 0 Å². The first kappa shape index (κ1) is 17.1. The minimum atomic E-state index is -0.951. The molecule has 1 aromatic carbocycles. The molecule has 0 spiro atoms. The topological polar surface area (TPSA) is 114 Å². The number of nitrogens with zero attached hydrogens (tertiary/aromatic N) is 3. The lowest BCUT2D eigenvalue weighted by Gasteiger charge is -2.18. The third kappa shape index (κ3) is 5.15. The molecule has 0 saturated carbocycles. The molecule has 2 rings (SSSR count). The minimum Gasteiger partial charge on any atom is -0.392 e. The predicted octanol–water partition coefficient (Wildman–Crippen LogP) is 0.160. The molecule has 1 aromatic heterocycles. The van der Waals surface area contributed by atoms with Gasteiger partial charge in [-0.25, -0.2) is 9.67 Å². The number of aliphatic hydroxyl groups is 2. The van der Waals surface area contributed by atoms with Crippen molar-refractivity contribution >= 4 is 5.91 Å². The van der Waals surface area contributed by atoms with Gasteiger partial charge in [0.25, 0.3) is 0 Å². The van der Waals surface area contributed by atoms with Crippen LogP contribution in [0.4, 0.5) is 0 Å². The Morgan fingerprint density at radius 2 is 1.87 bits per heavy atom. The van der Waals surface area contributed by atoms with Crippen molar-refractivity contribution in [1.82, 2.24) is 14.8 Å². The average Bonchev–Trinajstić information content (AvgIpc) is 2.78. The van der Waals surface area contributed by atoms with E-state index >= 15 is 0 Å². The van der Waals surface area contributed by atoms with Gasteiger partial charge >= 0.3 is 0 Å². The van der Waals surface area contributed by atoms with E-state index in [4.69, 9.17) is 10.8 Å². The minimum absolute atomic E-state index is 0.00206. The second-order valence-electron chi connectivity index (χ2n) is 6.21. The van der Waals surface area contributed by atoms with E-state index in [1.807, 2.05) is 24.3 Å². The number of primary amides is 1. The van der Waals surface area contributed by atoms with Crippen LogP contribution in [0.5, 0.6) is 0 Å². The molecule has 0 aliphatic rings. The average molecular weight is 318 g/mol. The Labute approximate surface area is 134 Å². The highest BCUT2D eigenvalue weighted by atomic mass is 16.3. The number of carbonyl (C=O) groups is 1. The lowest BCUT2D eigenvalue weighted by molar-refractivity contribution is -0.117. The number of rotatable bonds is 7. The van der Waals surface area contributed by atoms with Gasteiger partial charge in [0.1, 0.15) is 5.82 Å². The number of aromatic nitrogens is 3. The fourth-order valence-electron chi connectivity index (χ4n) is 2.23. The van der Waals surface area contributed by atoms with Crippen molar-refractivity contribution in [3.63, 3.8) is 0 Å². The number of nitrogens with two attached hydrogens (primary N) is 1. The summed E-state index contributed by atoms with van der Waals surface area (Å²) in [7, 11) is 0. The molecule has 124 valence electrons. The van der Waals surface area contributed by atoms with E-state index in [0.717, 1.165) is 11.1 Å². The molecule has 1 heterocycles. The van der Waals surface area contributed by atoms with E-state index in [0.29, 0.717) is 18.1 Å². The molecule has 0 radical (unpaired) electrons. The fourth-order valence-corrected chi connectivity index (χ4v) is 2.23. The highest BCUT2D eigenvalue weighted by molar-refractivity contribution is 5.75. The van der Waals surface area contributed by atoms with Crippen molar-refractivity contribution in [2.24, 2.45) is 5.73 Å². The van der Waals surface area contributed by atoms with Crippen LogP contribution in [0, 0.1) is 0 Å². The molecule has 0 aliphatic heterocycles. The van der Waals surface area contributed by atoms with Crippen molar-refractivity contribution in [2.75, 3.05) is 0 Å². The van der Waals surface area contributed by atoms with E-state index in [1.165, 1.54) is 0 Å². The van der Waals surface area contributed by atoms with Crippen LogP contribution >= 0.6 is 0 Å². The van der Waals surface area contributed by atoms with Gasteiger partial charge in [-0.1, -0.05) is 24.3 Å². The summed E-state index contributed by atoms with van der Waals surface area (Å²) in [5.41, 5.74) is 6.07. The lowest BCUT2D eigenvalue weighted by atomic mass is 10.1. The molecule has 0 saturated heterocycles. The molecule has 0 unspecified atom stereocenters. The number of hydrogen-bond donors (Lipinski definition) is 3. The molecule has 23 heavy (non-hydrogen) atoms. The molecule has 2 aromatic rings. The Kier molecular flexibility index (Phi) is 5.12. The molecule has 0 fully saturated rings. The van der Waals surface area contributed by atoms with Crippen LogP contribution in [-0.4, -0.2) is 36.5 Å². The molecule has 0 aliphatic carbocycles. The number of amides is 1. The van der Waals surface area contributed by atoms with Crippen LogP contribution in [0.15, 0.2) is 24.3 Å². The molecule has 7 heteroatoms. The quantitative estimate of drug-likeness (QED) is 0.673. The molecule has 0 atom stereocenters. The Morgan fingerprint density at radius 3 is 2.39 bits per heavy atom. The van der Waals surface area contributed by atoms with Crippen molar-refractivity contribution in [3.05, 3.63) is 47.0 Å². The normalized spacial score (nSPS) is 11.7. The maximum absolute atomic E-state index is 11.1. The first-order valence-corrected chi connectivity index (χ1v) is 7.39. The maximum atomic E-state index is 11.1. The Balaban J connectivity index is 2.26. The van der Waals surface area contributed by atoms with Crippen molar-refractivity contribution in [2.45, 2.75) is 45.4 Å². The number of benzene rings is 1. The van der Waals surface area contributed by atoms with Crippen molar-refractivity contribution in [1.29, 1.82) is 0 Å². The Morgan fingerprint density at radius 1 is 1.26 bits per heavy atom. The van der Waals surface area contributed by atoms with E-state index < -0.39 is 11.5 Å². The lowest BCUT2D eigenvalue weighted by Crippen LogP contribution is -2.28. The first-order valence-electron chi connectivity index (χ1n) is 7.39. The summed E-state index contributed by atoms with van der Waals surface area (Å²) in [6.45, 7) is 3.63. The van der Waals surface area contributed by atoms with Gasteiger partial charge in [-0.15, -0.1) is 0 Å². The molecule has 7 nitrogen and oxygen atoms in total. The van der Waals surface area contributed by atoms with Crippen LogP contribution in [0.1, 0.15) is 36.6 Å². The van der Waals surface area contributed by atoms with Gasteiger partial charge in [-0.2, -0.15) is 5.10 Å². The summed E-state index contributed by atoms with van der Waals surface area (Å²) >= 11 is 0. The Hall–Kier alpha value is -2.25. The standard InChI is InChI=1S/C16H22N4O3/c1-16(2,23)10-20-15(18-14(19-20)8-13(17)22)7-11-3-5-12(9-21)6-4-11/h3-6,21,23H,7-10H2,1-2H3,(H2,17,22). The smallest absolute Gasteiger partial charge is 0.225 e.